The Hall–Kier alpha value is -1.13. The van der Waals surface area contributed by atoms with E-state index in [1.807, 2.05) is 24.3 Å². The molecule has 1 aromatic carbocycles. The quantitative estimate of drug-likeness (QED) is 0.841. The van der Waals surface area contributed by atoms with E-state index in [1.165, 1.54) is 0 Å². The Kier molecular flexibility index (Phi) is 5.32. The van der Waals surface area contributed by atoms with Gasteiger partial charge in [-0.2, -0.15) is 0 Å². The molecule has 106 valence electrons. The molecule has 1 unspecified atom stereocenters. The first-order valence-corrected chi connectivity index (χ1v) is 9.44. The summed E-state index contributed by atoms with van der Waals surface area (Å²) in [5.41, 5.74) is 1.90. The summed E-state index contributed by atoms with van der Waals surface area (Å²) < 4.78 is 6.15. The Morgan fingerprint density at radius 3 is 2.47 bits per heavy atom. The van der Waals surface area contributed by atoms with Gasteiger partial charge in [-0.1, -0.05) is 45.0 Å². The molecular weight excluding hydrogens is 256 g/mol. The summed E-state index contributed by atoms with van der Waals surface area (Å²) in [5.74, 6) is -0.802. The first-order valence-electron chi connectivity index (χ1n) is 6.66. The number of carboxylic acids is 1. The number of benzene rings is 1. The second-order valence-corrected chi connectivity index (χ2v) is 8.62. The summed E-state index contributed by atoms with van der Waals surface area (Å²) in [6.07, 6.45) is 0.0805. The first kappa shape index (κ1) is 15.9. The van der Waals surface area contributed by atoms with Gasteiger partial charge in [-0.15, -0.1) is 0 Å². The lowest BCUT2D eigenvalue weighted by molar-refractivity contribution is -0.136. The van der Waals surface area contributed by atoms with Crippen LogP contribution in [0.15, 0.2) is 24.3 Å². The van der Waals surface area contributed by atoms with Crippen molar-refractivity contribution in [2.75, 3.05) is 0 Å². The van der Waals surface area contributed by atoms with Crippen molar-refractivity contribution in [1.82, 2.24) is 0 Å². The molecule has 1 aromatic rings. The van der Waals surface area contributed by atoms with E-state index in [9.17, 15) is 4.79 Å². The zero-order valence-corrected chi connectivity index (χ0v) is 13.6. The van der Waals surface area contributed by atoms with E-state index in [1.54, 1.807) is 0 Å². The van der Waals surface area contributed by atoms with Crippen molar-refractivity contribution in [1.29, 1.82) is 0 Å². The van der Waals surface area contributed by atoms with Gasteiger partial charge in [0.1, 0.15) is 0 Å². The van der Waals surface area contributed by atoms with Crippen molar-refractivity contribution >= 4 is 15.0 Å². The molecule has 0 spiro atoms. The second kappa shape index (κ2) is 6.35. The van der Waals surface area contributed by atoms with Gasteiger partial charge in [0.25, 0.3) is 0 Å². The van der Waals surface area contributed by atoms with E-state index in [4.69, 9.17) is 9.53 Å². The zero-order chi connectivity index (χ0) is 14.6. The van der Waals surface area contributed by atoms with Crippen molar-refractivity contribution in [2.45, 2.75) is 46.4 Å². The molecule has 1 atom stereocenters. The maximum atomic E-state index is 10.8. The fourth-order valence-corrected chi connectivity index (χ4v) is 3.21. The van der Waals surface area contributed by atoms with Crippen molar-refractivity contribution in [2.24, 2.45) is 5.41 Å². The van der Waals surface area contributed by atoms with Crippen LogP contribution < -0.4 is 0 Å². The minimum absolute atomic E-state index is 0.000876. The monoisotopic (exact) mass is 280 g/mol. The molecule has 19 heavy (non-hydrogen) atoms. The molecule has 1 N–H and O–H groups in total. The molecule has 0 fully saturated rings. The molecule has 0 aliphatic carbocycles. The minimum Gasteiger partial charge on any atom is -0.481 e. The Morgan fingerprint density at radius 2 is 2.00 bits per heavy atom. The van der Waals surface area contributed by atoms with Gasteiger partial charge in [0.2, 0.25) is 0 Å². The van der Waals surface area contributed by atoms with Crippen LogP contribution in [-0.4, -0.2) is 20.1 Å². The summed E-state index contributed by atoms with van der Waals surface area (Å²) >= 11 is 0. The smallest absolute Gasteiger partial charge is 0.307 e. The molecule has 0 bridgehead atoms. The van der Waals surface area contributed by atoms with Crippen LogP contribution in [0.5, 0.6) is 0 Å². The van der Waals surface area contributed by atoms with Crippen LogP contribution in [0.4, 0.5) is 0 Å². The second-order valence-electron chi connectivity index (χ2n) is 6.25. The summed E-state index contributed by atoms with van der Waals surface area (Å²) in [5, 5.41) is 8.88. The third kappa shape index (κ3) is 5.16. The van der Waals surface area contributed by atoms with Gasteiger partial charge in [-0.05, 0) is 29.6 Å². The first-order chi connectivity index (χ1) is 8.70. The maximum absolute atomic E-state index is 10.8. The molecular formula is C15H24O3Si. The summed E-state index contributed by atoms with van der Waals surface area (Å²) in [4.78, 5) is 10.8. The highest BCUT2D eigenvalue weighted by atomic mass is 28.3. The molecule has 0 saturated heterocycles. The van der Waals surface area contributed by atoms with Gasteiger partial charge in [0, 0.05) is 0 Å². The van der Waals surface area contributed by atoms with Gasteiger partial charge in [-0.25, -0.2) is 0 Å². The normalized spacial score (nSPS) is 13.6. The Labute approximate surface area is 117 Å². The Morgan fingerprint density at radius 1 is 1.37 bits per heavy atom. The lowest BCUT2D eigenvalue weighted by Crippen LogP contribution is -2.26. The van der Waals surface area contributed by atoms with Crippen molar-refractivity contribution in [3.8, 4) is 0 Å². The van der Waals surface area contributed by atoms with Crippen molar-refractivity contribution < 1.29 is 14.3 Å². The topological polar surface area (TPSA) is 46.5 Å². The van der Waals surface area contributed by atoms with Gasteiger partial charge >= 0.3 is 5.97 Å². The minimum atomic E-state index is -1.16. The van der Waals surface area contributed by atoms with Crippen LogP contribution in [0.1, 0.15) is 38.0 Å². The molecule has 0 aliphatic rings. The van der Waals surface area contributed by atoms with Crippen LogP contribution in [0.25, 0.3) is 0 Å². The predicted octanol–water partition coefficient (Wildman–Crippen LogP) is 3.40. The van der Waals surface area contributed by atoms with Crippen molar-refractivity contribution in [3.05, 3.63) is 35.4 Å². The van der Waals surface area contributed by atoms with E-state index >= 15 is 0 Å². The maximum Gasteiger partial charge on any atom is 0.307 e. The molecule has 0 amide bonds. The standard InChI is InChI=1S/C15H24O3Si/c1-15(2,3)14(18-19(4)5)12-8-6-7-11(9-12)10-13(16)17/h6-9,14,19H,10H2,1-5H3,(H,16,17). The average Bonchev–Trinajstić information content (AvgIpc) is 2.23. The molecule has 0 aromatic heterocycles. The van der Waals surface area contributed by atoms with Gasteiger partial charge in [-0.3, -0.25) is 4.79 Å². The molecule has 0 radical (unpaired) electrons. The van der Waals surface area contributed by atoms with Crippen molar-refractivity contribution in [3.63, 3.8) is 0 Å². The fourth-order valence-electron chi connectivity index (χ4n) is 2.10. The number of hydrogen-bond acceptors (Lipinski definition) is 2. The predicted molar refractivity (Wildman–Crippen MR) is 79.9 cm³/mol. The van der Waals surface area contributed by atoms with Crippen LogP contribution in [-0.2, 0) is 15.6 Å². The van der Waals surface area contributed by atoms with Crippen LogP contribution in [0, 0.1) is 5.41 Å². The van der Waals surface area contributed by atoms with E-state index in [2.05, 4.69) is 33.9 Å². The van der Waals surface area contributed by atoms with Gasteiger partial charge in [0.15, 0.2) is 9.04 Å². The fraction of sp³-hybridized carbons (Fsp3) is 0.533. The van der Waals surface area contributed by atoms with Gasteiger partial charge < -0.3 is 9.53 Å². The SMILES string of the molecule is C[SiH](C)OC(c1cccc(CC(=O)O)c1)C(C)(C)C. The zero-order valence-electron chi connectivity index (χ0n) is 12.4. The largest absolute Gasteiger partial charge is 0.481 e. The highest BCUT2D eigenvalue weighted by molar-refractivity contribution is 6.48. The summed E-state index contributed by atoms with van der Waals surface area (Å²) in [6, 6.07) is 7.75. The Bertz CT molecular complexity index is 435. The lowest BCUT2D eigenvalue weighted by Gasteiger charge is -2.33. The number of carboxylic acid groups (broad SMARTS) is 1. The molecule has 0 aliphatic heterocycles. The molecule has 3 nitrogen and oxygen atoms in total. The molecule has 0 heterocycles. The summed E-state index contributed by atoms with van der Waals surface area (Å²) in [6.45, 7) is 10.8. The number of aliphatic carboxylic acids is 1. The highest BCUT2D eigenvalue weighted by Crippen LogP contribution is 2.36. The number of rotatable bonds is 5. The Balaban J connectivity index is 3.05. The van der Waals surface area contributed by atoms with Crippen LogP contribution >= 0.6 is 0 Å². The number of carbonyl (C=O) groups is 1. The third-order valence-electron chi connectivity index (χ3n) is 2.80. The highest BCUT2D eigenvalue weighted by Gasteiger charge is 2.28. The third-order valence-corrected chi connectivity index (χ3v) is 3.62. The lowest BCUT2D eigenvalue weighted by atomic mass is 9.84. The molecule has 4 heteroatoms. The molecule has 1 rings (SSSR count). The van der Waals surface area contributed by atoms with Gasteiger partial charge in [0.05, 0.1) is 12.5 Å². The van der Waals surface area contributed by atoms with E-state index in [0.717, 1.165) is 11.1 Å². The molecule has 0 saturated carbocycles. The van der Waals surface area contributed by atoms with Crippen LogP contribution in [0.2, 0.25) is 13.1 Å². The number of hydrogen-bond donors (Lipinski definition) is 1. The summed E-state index contributed by atoms with van der Waals surface area (Å²) in [7, 11) is -1.16. The average molecular weight is 280 g/mol. The van der Waals surface area contributed by atoms with Crippen LogP contribution in [0.3, 0.4) is 0 Å². The van der Waals surface area contributed by atoms with E-state index in [0.29, 0.717) is 0 Å². The van der Waals surface area contributed by atoms with E-state index < -0.39 is 15.0 Å². The van der Waals surface area contributed by atoms with E-state index in [-0.39, 0.29) is 17.9 Å².